The number of carboxylic acid groups (broad SMARTS) is 1. The predicted octanol–water partition coefficient (Wildman–Crippen LogP) is -4.36. The van der Waals surface area contributed by atoms with Crippen molar-refractivity contribution < 1.29 is 39.5 Å². The van der Waals surface area contributed by atoms with E-state index in [-0.39, 0.29) is 36.1 Å². The van der Waals surface area contributed by atoms with Crippen molar-refractivity contribution >= 4 is 5.97 Å². The molecule has 0 radical (unpaired) electrons. The second-order valence-corrected chi connectivity index (χ2v) is 1.61. The molecule has 10 heavy (non-hydrogen) atoms. The van der Waals surface area contributed by atoms with E-state index in [1.54, 1.807) is 6.20 Å². The molecule has 0 fully saturated rings. The van der Waals surface area contributed by atoms with Crippen molar-refractivity contribution in [3.8, 4) is 0 Å². The van der Waals surface area contributed by atoms with Gasteiger partial charge in [-0.1, -0.05) is 0 Å². The molecule has 0 aromatic carbocycles. The molecule has 0 aliphatic rings. The van der Waals surface area contributed by atoms with Crippen LogP contribution in [0.15, 0.2) is 18.7 Å². The summed E-state index contributed by atoms with van der Waals surface area (Å²) in [5.41, 5.74) is 0. The second kappa shape index (κ2) is 4.49. The number of nitrogens with zero attached hydrogens (tertiary/aromatic N) is 2. The van der Waals surface area contributed by atoms with Gasteiger partial charge in [0.1, 0.15) is 0 Å². The molecular weight excluding hydrogens is 143 g/mol. The first-order chi connectivity index (χ1) is 4.29. The average molecular weight is 148 g/mol. The normalized spacial score (nSPS) is 8.40. The molecule has 1 aromatic heterocycles. The number of imidazole rings is 1. The number of rotatable bonds is 2. The van der Waals surface area contributed by atoms with Crippen LogP contribution in [-0.2, 0) is 11.3 Å². The Hall–Kier alpha value is -0.320. The molecule has 1 rings (SSSR count). The fourth-order valence-electron chi connectivity index (χ4n) is 0.529. The topological polar surface area (TPSA) is 57.9 Å². The zero-order valence-corrected chi connectivity index (χ0v) is 7.65. The van der Waals surface area contributed by atoms with E-state index < -0.39 is 5.97 Å². The SMILES string of the molecule is O=C([O-])Cn1ccnc1.[Na+]. The van der Waals surface area contributed by atoms with Gasteiger partial charge in [0.15, 0.2) is 0 Å². The fourth-order valence-corrected chi connectivity index (χ4v) is 0.529. The monoisotopic (exact) mass is 148 g/mol. The quantitative estimate of drug-likeness (QED) is 0.398. The Labute approximate surface area is 80.2 Å². The third-order valence-electron chi connectivity index (χ3n) is 0.871. The van der Waals surface area contributed by atoms with Crippen LogP contribution in [-0.4, -0.2) is 15.5 Å². The van der Waals surface area contributed by atoms with Gasteiger partial charge in [-0.25, -0.2) is 4.98 Å². The molecule has 0 aliphatic carbocycles. The summed E-state index contributed by atoms with van der Waals surface area (Å²) < 4.78 is 1.43. The van der Waals surface area contributed by atoms with E-state index >= 15 is 0 Å². The van der Waals surface area contributed by atoms with Crippen LogP contribution in [0.4, 0.5) is 0 Å². The second-order valence-electron chi connectivity index (χ2n) is 1.61. The van der Waals surface area contributed by atoms with Gasteiger partial charge in [0.25, 0.3) is 0 Å². The number of carbonyl (C=O) groups excluding carboxylic acids is 1. The van der Waals surface area contributed by atoms with E-state index in [1.165, 1.54) is 17.1 Å². The summed E-state index contributed by atoms with van der Waals surface area (Å²) >= 11 is 0. The van der Waals surface area contributed by atoms with Crippen molar-refractivity contribution in [2.75, 3.05) is 0 Å². The van der Waals surface area contributed by atoms with Crippen LogP contribution in [0.1, 0.15) is 0 Å². The molecule has 48 valence electrons. The summed E-state index contributed by atoms with van der Waals surface area (Å²) in [4.78, 5) is 13.6. The Morgan fingerprint density at radius 2 is 2.40 bits per heavy atom. The van der Waals surface area contributed by atoms with E-state index in [1.807, 2.05) is 0 Å². The molecule has 0 spiro atoms. The van der Waals surface area contributed by atoms with Crippen molar-refractivity contribution in [1.82, 2.24) is 9.55 Å². The summed E-state index contributed by atoms with van der Waals surface area (Å²) in [5.74, 6) is -1.10. The molecule has 0 N–H and O–H groups in total. The Kier molecular flexibility index (Phi) is 4.34. The third-order valence-corrected chi connectivity index (χ3v) is 0.871. The van der Waals surface area contributed by atoms with Gasteiger partial charge in [0.05, 0.1) is 18.8 Å². The first-order valence-corrected chi connectivity index (χ1v) is 2.44. The average Bonchev–Trinajstić information content (AvgIpc) is 2.15. The molecule has 5 heteroatoms. The maximum atomic E-state index is 9.91. The minimum atomic E-state index is -1.10. The summed E-state index contributed by atoms with van der Waals surface area (Å²) in [6, 6.07) is 0. The van der Waals surface area contributed by atoms with Gasteiger partial charge < -0.3 is 14.5 Å². The summed E-state index contributed by atoms with van der Waals surface area (Å²) in [6.45, 7) is -0.125. The van der Waals surface area contributed by atoms with Gasteiger partial charge >= 0.3 is 29.6 Å². The first-order valence-electron chi connectivity index (χ1n) is 2.44. The Morgan fingerprint density at radius 3 is 2.80 bits per heavy atom. The standard InChI is InChI=1S/C5H6N2O2.Na/c8-5(9)3-7-2-1-6-4-7;/h1-2,4H,3H2,(H,8,9);/q;+1/p-1. The van der Waals surface area contributed by atoms with Gasteiger partial charge in [-0.05, 0) is 0 Å². The van der Waals surface area contributed by atoms with Gasteiger partial charge in [-0.2, -0.15) is 0 Å². The number of aromatic nitrogens is 2. The minimum absolute atomic E-state index is 0. The molecule has 0 bridgehead atoms. The van der Waals surface area contributed by atoms with Crippen LogP contribution in [0.3, 0.4) is 0 Å². The molecule has 1 aromatic rings. The molecule has 0 aliphatic heterocycles. The number of hydrogen-bond acceptors (Lipinski definition) is 3. The van der Waals surface area contributed by atoms with Crippen LogP contribution < -0.4 is 34.7 Å². The number of hydrogen-bond donors (Lipinski definition) is 0. The molecule has 0 saturated heterocycles. The third kappa shape index (κ3) is 3.00. The Morgan fingerprint density at radius 1 is 1.70 bits per heavy atom. The van der Waals surface area contributed by atoms with Crippen LogP contribution in [0, 0.1) is 0 Å². The molecule has 0 saturated carbocycles. The van der Waals surface area contributed by atoms with Crippen molar-refractivity contribution in [2.45, 2.75) is 6.54 Å². The van der Waals surface area contributed by atoms with E-state index in [9.17, 15) is 9.90 Å². The zero-order valence-electron chi connectivity index (χ0n) is 5.65. The van der Waals surface area contributed by atoms with Crippen LogP contribution >= 0.6 is 0 Å². The van der Waals surface area contributed by atoms with Crippen LogP contribution in [0.2, 0.25) is 0 Å². The minimum Gasteiger partial charge on any atom is -0.548 e. The predicted molar refractivity (Wildman–Crippen MR) is 27.2 cm³/mol. The van der Waals surface area contributed by atoms with E-state index in [0.29, 0.717) is 0 Å². The maximum Gasteiger partial charge on any atom is 1.00 e. The van der Waals surface area contributed by atoms with E-state index in [2.05, 4.69) is 4.98 Å². The molecule has 0 atom stereocenters. The van der Waals surface area contributed by atoms with Crippen LogP contribution in [0.25, 0.3) is 0 Å². The van der Waals surface area contributed by atoms with E-state index in [0.717, 1.165) is 0 Å². The number of carbonyl (C=O) groups is 1. The summed E-state index contributed by atoms with van der Waals surface area (Å²) in [5, 5.41) is 9.91. The van der Waals surface area contributed by atoms with Gasteiger partial charge in [-0.3, -0.25) is 0 Å². The fraction of sp³-hybridized carbons (Fsp3) is 0.200. The smallest absolute Gasteiger partial charge is 0.548 e. The molecule has 0 unspecified atom stereocenters. The van der Waals surface area contributed by atoms with Gasteiger partial charge in [0, 0.05) is 12.4 Å². The molecule has 1 heterocycles. The largest absolute Gasteiger partial charge is 1.00 e. The van der Waals surface area contributed by atoms with Gasteiger partial charge in [-0.15, -0.1) is 0 Å². The maximum absolute atomic E-state index is 9.91. The van der Waals surface area contributed by atoms with Crippen molar-refractivity contribution in [3.05, 3.63) is 18.7 Å². The Bertz CT molecular complexity index is 197. The van der Waals surface area contributed by atoms with Crippen molar-refractivity contribution in [2.24, 2.45) is 0 Å². The Balaban J connectivity index is 0.000000810. The summed E-state index contributed by atoms with van der Waals surface area (Å²) in [7, 11) is 0. The number of carboxylic acids is 1. The van der Waals surface area contributed by atoms with Crippen molar-refractivity contribution in [3.63, 3.8) is 0 Å². The molecule has 4 nitrogen and oxygen atoms in total. The summed E-state index contributed by atoms with van der Waals surface area (Å²) in [6.07, 6.45) is 4.51. The van der Waals surface area contributed by atoms with Crippen LogP contribution in [0.5, 0.6) is 0 Å². The molecular formula is C5H5N2NaO2. The first kappa shape index (κ1) is 9.68. The van der Waals surface area contributed by atoms with Crippen molar-refractivity contribution in [1.29, 1.82) is 0 Å². The molecule has 0 amide bonds. The zero-order chi connectivity index (χ0) is 6.69. The van der Waals surface area contributed by atoms with Gasteiger partial charge in [0.2, 0.25) is 0 Å². The number of aliphatic carboxylic acids is 1. The van der Waals surface area contributed by atoms with E-state index in [4.69, 9.17) is 0 Å².